The molecular weight excluding hydrogens is 366 g/mol. The van der Waals surface area contributed by atoms with Crippen molar-refractivity contribution in [3.63, 3.8) is 0 Å². The summed E-state index contributed by atoms with van der Waals surface area (Å²) in [5.74, 6) is 6.58. The van der Waals surface area contributed by atoms with Gasteiger partial charge in [0.2, 0.25) is 0 Å². The Morgan fingerprint density at radius 2 is 2.00 bits per heavy atom. The Hall–Kier alpha value is -3.43. The lowest BCUT2D eigenvalue weighted by Crippen LogP contribution is -2.02. The van der Waals surface area contributed by atoms with E-state index in [1.807, 2.05) is 16.9 Å². The van der Waals surface area contributed by atoms with Gasteiger partial charge in [0, 0.05) is 23.9 Å². The number of aryl methyl sites for hydroxylation is 1. The van der Waals surface area contributed by atoms with E-state index >= 15 is 0 Å². The molecule has 5 rings (SSSR count). The number of hydrogen-bond acceptors (Lipinski definition) is 5. The van der Waals surface area contributed by atoms with E-state index in [9.17, 15) is 0 Å². The van der Waals surface area contributed by atoms with Crippen LogP contribution >= 0.6 is 11.3 Å². The number of benzene rings is 1. The summed E-state index contributed by atoms with van der Waals surface area (Å²) < 4.78 is 1.92. The third-order valence-corrected chi connectivity index (χ3v) is 5.64. The highest BCUT2D eigenvalue weighted by molar-refractivity contribution is 7.15. The van der Waals surface area contributed by atoms with Crippen LogP contribution in [0.2, 0.25) is 0 Å². The first-order valence-corrected chi connectivity index (χ1v) is 9.90. The first-order chi connectivity index (χ1) is 13.8. The van der Waals surface area contributed by atoms with E-state index in [0.29, 0.717) is 11.0 Å². The predicted octanol–water partition coefficient (Wildman–Crippen LogP) is 3.78. The maximum atomic E-state index is 5.65. The van der Waals surface area contributed by atoms with E-state index in [0.717, 1.165) is 29.0 Å². The van der Waals surface area contributed by atoms with E-state index in [1.54, 1.807) is 12.4 Å². The Bertz CT molecular complexity index is 1200. The van der Waals surface area contributed by atoms with Crippen LogP contribution in [0.5, 0.6) is 0 Å². The molecule has 4 aromatic rings. The van der Waals surface area contributed by atoms with E-state index in [-0.39, 0.29) is 0 Å². The van der Waals surface area contributed by atoms with Crippen LogP contribution in [0.3, 0.4) is 0 Å². The molecule has 3 heterocycles. The van der Waals surface area contributed by atoms with Crippen LogP contribution in [0, 0.1) is 11.8 Å². The van der Waals surface area contributed by atoms with Crippen LogP contribution in [0.1, 0.15) is 39.6 Å². The quantitative estimate of drug-likeness (QED) is 0.535. The van der Waals surface area contributed by atoms with E-state index < -0.39 is 0 Å². The number of rotatable bonds is 2. The molecule has 0 saturated carbocycles. The lowest BCUT2D eigenvalue weighted by Gasteiger charge is -2.09. The molecule has 1 aliphatic rings. The Balaban J connectivity index is 1.45. The number of thiazole rings is 1. The topological polar surface area (TPSA) is 69.6 Å². The molecule has 2 N–H and O–H groups in total. The monoisotopic (exact) mass is 383 g/mol. The minimum absolute atomic E-state index is 0.366. The van der Waals surface area contributed by atoms with Gasteiger partial charge in [0.05, 0.1) is 28.7 Å². The van der Waals surface area contributed by atoms with Gasteiger partial charge in [-0.05, 0) is 36.0 Å². The number of fused-ring (bicyclic) bond motifs is 1. The number of nitrogen functional groups attached to an aromatic ring is 1. The van der Waals surface area contributed by atoms with Crippen molar-refractivity contribution in [2.24, 2.45) is 0 Å². The average molecular weight is 383 g/mol. The fourth-order valence-electron chi connectivity index (χ4n) is 3.59. The number of pyridine rings is 1. The Morgan fingerprint density at radius 1 is 1.11 bits per heavy atom. The second-order valence-electron chi connectivity index (χ2n) is 6.73. The first kappa shape index (κ1) is 16.7. The van der Waals surface area contributed by atoms with Crippen LogP contribution in [0.4, 0.5) is 5.13 Å². The molecule has 1 atom stereocenters. The van der Waals surface area contributed by atoms with Crippen molar-refractivity contribution >= 4 is 16.5 Å². The number of aromatic nitrogens is 4. The molecule has 136 valence electrons. The van der Waals surface area contributed by atoms with Crippen LogP contribution in [-0.2, 0) is 6.42 Å². The van der Waals surface area contributed by atoms with E-state index in [4.69, 9.17) is 10.8 Å². The van der Waals surface area contributed by atoms with Gasteiger partial charge >= 0.3 is 0 Å². The fourth-order valence-corrected chi connectivity index (χ4v) is 4.13. The molecule has 3 aromatic heterocycles. The fraction of sp³-hybridized carbons (Fsp3) is 0.136. The summed E-state index contributed by atoms with van der Waals surface area (Å²) in [6, 6.07) is 12.6. The Kier molecular flexibility index (Phi) is 4.15. The molecule has 28 heavy (non-hydrogen) atoms. The second-order valence-corrected chi connectivity index (χ2v) is 7.79. The highest BCUT2D eigenvalue weighted by atomic mass is 32.1. The molecular formula is C22H17N5S. The third kappa shape index (κ3) is 3.17. The zero-order valence-corrected chi connectivity index (χ0v) is 15.9. The van der Waals surface area contributed by atoms with Crippen LogP contribution in [0.25, 0.3) is 5.69 Å². The molecule has 0 aliphatic heterocycles. The summed E-state index contributed by atoms with van der Waals surface area (Å²) in [7, 11) is 0. The molecule has 0 bridgehead atoms. The molecule has 0 saturated heterocycles. The van der Waals surface area contributed by atoms with Crippen molar-refractivity contribution < 1.29 is 0 Å². The van der Waals surface area contributed by atoms with Gasteiger partial charge in [-0.2, -0.15) is 5.10 Å². The molecule has 1 aliphatic carbocycles. The van der Waals surface area contributed by atoms with Crippen molar-refractivity contribution in [1.82, 2.24) is 19.7 Å². The number of anilines is 1. The molecule has 6 heteroatoms. The zero-order valence-electron chi connectivity index (χ0n) is 15.0. The number of hydrogen-bond donors (Lipinski definition) is 1. The Morgan fingerprint density at radius 3 is 2.82 bits per heavy atom. The summed E-state index contributed by atoms with van der Waals surface area (Å²) in [4.78, 5) is 9.20. The summed E-state index contributed by atoms with van der Waals surface area (Å²) in [6.45, 7) is 0. The maximum Gasteiger partial charge on any atom is 0.181 e. The van der Waals surface area contributed by atoms with Crippen molar-refractivity contribution in [1.29, 1.82) is 0 Å². The zero-order chi connectivity index (χ0) is 18.9. The molecule has 0 fully saturated rings. The van der Waals surface area contributed by atoms with Crippen molar-refractivity contribution in [2.45, 2.75) is 18.8 Å². The van der Waals surface area contributed by atoms with Gasteiger partial charge in [-0.25, -0.2) is 9.67 Å². The van der Waals surface area contributed by atoms with Gasteiger partial charge < -0.3 is 5.73 Å². The second kappa shape index (κ2) is 6.95. The van der Waals surface area contributed by atoms with Gasteiger partial charge in [-0.15, -0.1) is 0 Å². The largest absolute Gasteiger partial charge is 0.375 e. The molecule has 0 amide bonds. The van der Waals surface area contributed by atoms with Crippen LogP contribution in [0.15, 0.2) is 61.2 Å². The molecule has 5 nitrogen and oxygen atoms in total. The SMILES string of the molecule is Nc1ncc(C#Cc2cncc(-n3cc4c(n3)[C@H](c3ccccc3)CC4)c2)s1. The molecule has 1 aromatic carbocycles. The Labute approximate surface area is 166 Å². The first-order valence-electron chi connectivity index (χ1n) is 9.08. The van der Waals surface area contributed by atoms with E-state index in [1.165, 1.54) is 28.2 Å². The molecule has 0 unspecified atom stereocenters. The van der Waals surface area contributed by atoms with Gasteiger partial charge in [-0.3, -0.25) is 4.98 Å². The van der Waals surface area contributed by atoms with Crippen LogP contribution in [-0.4, -0.2) is 19.7 Å². The standard InChI is InChI=1S/C22H17N5S/c23-22-25-13-19(28-22)8-6-15-10-18(12-24-11-15)27-14-17-7-9-20(21(17)26-27)16-4-2-1-3-5-16/h1-5,10-14,20H,7,9H2,(H2,23,25)/t20-/m0/s1. The lowest BCUT2D eigenvalue weighted by molar-refractivity contribution is 0.725. The normalized spacial score (nSPS) is 15.1. The molecule has 0 spiro atoms. The highest BCUT2D eigenvalue weighted by Crippen LogP contribution is 2.37. The third-order valence-electron chi connectivity index (χ3n) is 4.90. The van der Waals surface area contributed by atoms with Crippen molar-refractivity contribution in [3.8, 4) is 17.5 Å². The maximum absolute atomic E-state index is 5.65. The smallest absolute Gasteiger partial charge is 0.181 e. The van der Waals surface area contributed by atoms with E-state index in [2.05, 4.69) is 58.3 Å². The summed E-state index contributed by atoms with van der Waals surface area (Å²) in [5.41, 5.74) is 11.2. The van der Waals surface area contributed by atoms with Gasteiger partial charge in [0.15, 0.2) is 5.13 Å². The number of nitrogens with zero attached hydrogens (tertiary/aromatic N) is 4. The van der Waals surface area contributed by atoms with Crippen molar-refractivity contribution in [2.75, 3.05) is 5.73 Å². The van der Waals surface area contributed by atoms with Gasteiger partial charge in [0.1, 0.15) is 0 Å². The summed E-state index contributed by atoms with van der Waals surface area (Å²) >= 11 is 1.38. The average Bonchev–Trinajstić information content (AvgIpc) is 3.43. The highest BCUT2D eigenvalue weighted by Gasteiger charge is 2.27. The summed E-state index contributed by atoms with van der Waals surface area (Å²) in [6.07, 6.45) is 9.54. The lowest BCUT2D eigenvalue weighted by atomic mass is 9.97. The molecule has 0 radical (unpaired) electrons. The van der Waals surface area contributed by atoms with Crippen molar-refractivity contribution in [3.05, 3.63) is 88.4 Å². The minimum Gasteiger partial charge on any atom is -0.375 e. The van der Waals surface area contributed by atoms with Gasteiger partial charge in [0.25, 0.3) is 0 Å². The number of nitrogens with two attached hydrogens (primary N) is 1. The minimum atomic E-state index is 0.366. The predicted molar refractivity (Wildman–Crippen MR) is 110 cm³/mol. The van der Waals surface area contributed by atoms with Gasteiger partial charge in [-0.1, -0.05) is 47.6 Å². The van der Waals surface area contributed by atoms with Crippen LogP contribution < -0.4 is 5.73 Å². The summed E-state index contributed by atoms with van der Waals surface area (Å²) in [5, 5.41) is 5.41.